The highest BCUT2D eigenvalue weighted by molar-refractivity contribution is 6.09. The molecule has 1 aromatic heterocycles. The Morgan fingerprint density at radius 3 is 2.44 bits per heavy atom. The molecule has 0 bridgehead atoms. The third-order valence-corrected chi connectivity index (χ3v) is 3.90. The molecule has 0 aliphatic rings. The fraction of sp³-hybridized carbons (Fsp3) is 0.0952. The van der Waals surface area contributed by atoms with E-state index in [1.807, 2.05) is 44.2 Å². The summed E-state index contributed by atoms with van der Waals surface area (Å²) >= 11 is 0. The number of anilines is 1. The first kappa shape index (κ1) is 18.1. The average Bonchev–Trinajstić information content (AvgIpc) is 3.02. The third-order valence-electron chi connectivity index (χ3n) is 3.90. The number of aromatic nitrogens is 2. The molecule has 2 aromatic carbocycles. The molecule has 0 aliphatic heterocycles. The number of nitrogens with zero attached hydrogens (tertiary/aromatic N) is 3. The van der Waals surface area contributed by atoms with Gasteiger partial charge in [0.15, 0.2) is 0 Å². The molecule has 1 amide bonds. The topological polar surface area (TPSA) is 70.7 Å². The van der Waals surface area contributed by atoms with E-state index in [-0.39, 0.29) is 11.4 Å². The molecule has 0 saturated heterocycles. The zero-order valence-electron chi connectivity index (χ0n) is 14.9. The van der Waals surface area contributed by atoms with E-state index in [1.54, 1.807) is 10.7 Å². The minimum absolute atomic E-state index is 0.0871. The maximum Gasteiger partial charge on any atom is 0.267 e. The lowest BCUT2D eigenvalue weighted by atomic mass is 10.1. The predicted octanol–water partition coefficient (Wildman–Crippen LogP) is 4.17. The number of rotatable bonds is 4. The van der Waals surface area contributed by atoms with Crippen LogP contribution in [0.25, 0.3) is 11.8 Å². The Morgan fingerprint density at radius 1 is 1.15 bits per heavy atom. The second-order valence-corrected chi connectivity index (χ2v) is 6.09. The molecule has 3 aromatic rings. The summed E-state index contributed by atoms with van der Waals surface area (Å²) in [5.74, 6) is -0.482. The van der Waals surface area contributed by atoms with Crippen LogP contribution >= 0.6 is 0 Å². The zero-order valence-corrected chi connectivity index (χ0v) is 14.9. The Bertz CT molecular complexity index is 1040. The van der Waals surface area contributed by atoms with E-state index in [2.05, 4.69) is 10.4 Å². The Balaban J connectivity index is 1.88. The summed E-state index contributed by atoms with van der Waals surface area (Å²) in [5.41, 5.74) is 3.11. The van der Waals surface area contributed by atoms with Gasteiger partial charge < -0.3 is 5.32 Å². The maximum absolute atomic E-state index is 13.0. The number of aryl methyl sites for hydroxylation is 2. The van der Waals surface area contributed by atoms with E-state index in [9.17, 15) is 14.4 Å². The minimum Gasteiger partial charge on any atom is -0.306 e. The molecule has 3 rings (SSSR count). The van der Waals surface area contributed by atoms with Gasteiger partial charge >= 0.3 is 0 Å². The fourth-order valence-electron chi connectivity index (χ4n) is 2.53. The summed E-state index contributed by atoms with van der Waals surface area (Å²) in [7, 11) is 0. The highest BCUT2D eigenvalue weighted by Gasteiger charge is 2.14. The molecule has 1 heterocycles. The number of carbonyl (C=O) groups is 1. The number of amides is 1. The molecule has 0 aliphatic carbocycles. The molecule has 0 spiro atoms. The summed E-state index contributed by atoms with van der Waals surface area (Å²) in [6, 6.07) is 16.9. The summed E-state index contributed by atoms with van der Waals surface area (Å²) in [6.45, 7) is 3.81. The van der Waals surface area contributed by atoms with Gasteiger partial charge in [0, 0.05) is 6.07 Å². The molecule has 27 heavy (non-hydrogen) atoms. The van der Waals surface area contributed by atoms with E-state index in [0.717, 1.165) is 16.9 Å². The second kappa shape index (κ2) is 7.67. The molecule has 134 valence electrons. The number of hydrogen-bond donors (Lipinski definition) is 1. The zero-order chi connectivity index (χ0) is 19.4. The van der Waals surface area contributed by atoms with Gasteiger partial charge in [-0.2, -0.15) is 10.4 Å². The van der Waals surface area contributed by atoms with Gasteiger partial charge in [0.25, 0.3) is 5.91 Å². The van der Waals surface area contributed by atoms with Crippen LogP contribution in [-0.4, -0.2) is 15.7 Å². The minimum atomic E-state index is -0.560. The van der Waals surface area contributed by atoms with Crippen LogP contribution < -0.4 is 5.32 Å². The van der Waals surface area contributed by atoms with Crippen molar-refractivity contribution in [2.45, 2.75) is 13.8 Å². The summed E-state index contributed by atoms with van der Waals surface area (Å²) < 4.78 is 14.6. The van der Waals surface area contributed by atoms with Crippen LogP contribution in [0.3, 0.4) is 0 Å². The van der Waals surface area contributed by atoms with Crippen molar-refractivity contribution in [2.24, 2.45) is 0 Å². The van der Waals surface area contributed by atoms with Crippen LogP contribution in [0.5, 0.6) is 0 Å². The average molecular weight is 360 g/mol. The first-order chi connectivity index (χ1) is 13.0. The van der Waals surface area contributed by atoms with Crippen LogP contribution in [0.4, 0.5) is 10.2 Å². The van der Waals surface area contributed by atoms with E-state index >= 15 is 0 Å². The van der Waals surface area contributed by atoms with Gasteiger partial charge in [-0.25, -0.2) is 9.07 Å². The number of nitrogens with one attached hydrogen (secondary N) is 1. The fourth-order valence-corrected chi connectivity index (χ4v) is 2.53. The smallest absolute Gasteiger partial charge is 0.267 e. The van der Waals surface area contributed by atoms with E-state index in [0.29, 0.717) is 11.4 Å². The molecule has 0 radical (unpaired) electrons. The Kier molecular flexibility index (Phi) is 5.13. The molecule has 1 N–H and O–H groups in total. The molecule has 0 saturated carbocycles. The van der Waals surface area contributed by atoms with Crippen molar-refractivity contribution >= 4 is 17.8 Å². The normalized spacial score (nSPS) is 11.1. The standard InChI is InChI=1S/C21H17FN4O/c1-14-3-9-19(10-4-14)26-20(11-15(2)25-26)24-21(27)17(13-23)12-16-5-7-18(22)8-6-16/h3-12H,1-2H3,(H,24,27)/b17-12+. The van der Waals surface area contributed by atoms with E-state index < -0.39 is 5.91 Å². The molecule has 0 fully saturated rings. The van der Waals surface area contributed by atoms with Crippen molar-refractivity contribution < 1.29 is 9.18 Å². The lowest BCUT2D eigenvalue weighted by Gasteiger charge is -2.09. The summed E-state index contributed by atoms with van der Waals surface area (Å²) in [5, 5.41) is 16.5. The van der Waals surface area contributed by atoms with Crippen molar-refractivity contribution in [1.82, 2.24) is 9.78 Å². The van der Waals surface area contributed by atoms with Crippen molar-refractivity contribution in [3.8, 4) is 11.8 Å². The lowest BCUT2D eigenvalue weighted by Crippen LogP contribution is -2.16. The summed E-state index contributed by atoms with van der Waals surface area (Å²) in [4.78, 5) is 12.5. The molecule has 6 heteroatoms. The predicted molar refractivity (Wildman–Crippen MR) is 102 cm³/mol. The van der Waals surface area contributed by atoms with Crippen molar-refractivity contribution in [2.75, 3.05) is 5.32 Å². The first-order valence-corrected chi connectivity index (χ1v) is 8.28. The molecule has 0 atom stereocenters. The van der Waals surface area contributed by atoms with Gasteiger partial charge in [0.2, 0.25) is 0 Å². The van der Waals surface area contributed by atoms with E-state index in [1.165, 1.54) is 30.3 Å². The monoisotopic (exact) mass is 360 g/mol. The van der Waals surface area contributed by atoms with Gasteiger partial charge in [-0.05, 0) is 49.8 Å². The third kappa shape index (κ3) is 4.28. The number of benzene rings is 2. The van der Waals surface area contributed by atoms with Crippen LogP contribution in [0.1, 0.15) is 16.8 Å². The SMILES string of the molecule is Cc1ccc(-n2nc(C)cc2NC(=O)/C(C#N)=C/c2ccc(F)cc2)cc1. The van der Waals surface area contributed by atoms with Gasteiger partial charge in [0.05, 0.1) is 11.4 Å². The van der Waals surface area contributed by atoms with Crippen molar-refractivity contribution in [3.63, 3.8) is 0 Å². The van der Waals surface area contributed by atoms with Crippen LogP contribution in [0.2, 0.25) is 0 Å². The van der Waals surface area contributed by atoms with Crippen LogP contribution in [0, 0.1) is 31.0 Å². The van der Waals surface area contributed by atoms with Gasteiger partial charge in [-0.3, -0.25) is 4.79 Å². The van der Waals surface area contributed by atoms with Crippen LogP contribution in [0.15, 0.2) is 60.2 Å². The van der Waals surface area contributed by atoms with Gasteiger partial charge in [-0.1, -0.05) is 29.8 Å². The number of halogens is 1. The van der Waals surface area contributed by atoms with E-state index in [4.69, 9.17) is 0 Å². The highest BCUT2D eigenvalue weighted by Crippen LogP contribution is 2.19. The maximum atomic E-state index is 13.0. The molecule has 5 nitrogen and oxygen atoms in total. The largest absolute Gasteiger partial charge is 0.306 e. The number of hydrogen-bond acceptors (Lipinski definition) is 3. The van der Waals surface area contributed by atoms with Gasteiger partial charge in [-0.15, -0.1) is 0 Å². The van der Waals surface area contributed by atoms with Crippen molar-refractivity contribution in [3.05, 3.63) is 82.8 Å². The van der Waals surface area contributed by atoms with Gasteiger partial charge in [0.1, 0.15) is 23.3 Å². The molecular formula is C21H17FN4O. The molecular weight excluding hydrogens is 343 g/mol. The number of carbonyl (C=O) groups excluding carboxylic acids is 1. The molecule has 0 unspecified atom stereocenters. The lowest BCUT2D eigenvalue weighted by molar-refractivity contribution is -0.112. The second-order valence-electron chi connectivity index (χ2n) is 6.09. The highest BCUT2D eigenvalue weighted by atomic mass is 19.1. The Hall–Kier alpha value is -3.72. The first-order valence-electron chi connectivity index (χ1n) is 8.28. The quantitative estimate of drug-likeness (QED) is 0.561. The van der Waals surface area contributed by atoms with Crippen LogP contribution in [-0.2, 0) is 4.79 Å². The van der Waals surface area contributed by atoms with Crippen molar-refractivity contribution in [1.29, 1.82) is 5.26 Å². The Labute approximate surface area is 156 Å². The summed E-state index contributed by atoms with van der Waals surface area (Å²) in [6.07, 6.45) is 1.41. The number of nitriles is 1. The Morgan fingerprint density at radius 2 is 1.81 bits per heavy atom.